The van der Waals surface area contributed by atoms with Gasteiger partial charge in [-0.15, -0.1) is 11.3 Å². The molecular formula is C21H24F3N3O3S. The van der Waals surface area contributed by atoms with Crippen molar-refractivity contribution in [2.45, 2.75) is 39.8 Å². The van der Waals surface area contributed by atoms with E-state index >= 15 is 0 Å². The van der Waals surface area contributed by atoms with Crippen molar-refractivity contribution in [1.29, 1.82) is 0 Å². The summed E-state index contributed by atoms with van der Waals surface area (Å²) < 4.78 is 40.8. The molecule has 1 aromatic heterocycles. The van der Waals surface area contributed by atoms with E-state index in [2.05, 4.69) is 27.2 Å². The van der Waals surface area contributed by atoms with Gasteiger partial charge in [0.15, 0.2) is 11.7 Å². The zero-order valence-corrected chi connectivity index (χ0v) is 18.3. The van der Waals surface area contributed by atoms with Gasteiger partial charge in [0.05, 0.1) is 5.69 Å². The van der Waals surface area contributed by atoms with E-state index in [0.717, 1.165) is 22.4 Å². The molecule has 31 heavy (non-hydrogen) atoms. The maximum atomic E-state index is 12.6. The molecule has 1 aliphatic rings. The highest BCUT2D eigenvalue weighted by Gasteiger charge is 2.33. The highest BCUT2D eigenvalue weighted by molar-refractivity contribution is 7.14. The van der Waals surface area contributed by atoms with Crippen molar-refractivity contribution >= 4 is 28.5 Å². The highest BCUT2D eigenvalue weighted by atomic mass is 32.1. The molecule has 0 unspecified atom stereocenters. The minimum atomic E-state index is -4.56. The topological polar surface area (TPSA) is 71.5 Å². The number of amides is 2. The van der Waals surface area contributed by atoms with E-state index in [1.165, 1.54) is 21.8 Å². The van der Waals surface area contributed by atoms with Crippen molar-refractivity contribution < 1.29 is 27.5 Å². The van der Waals surface area contributed by atoms with Gasteiger partial charge in [0.2, 0.25) is 5.91 Å². The van der Waals surface area contributed by atoms with Gasteiger partial charge in [-0.1, -0.05) is 17.7 Å². The summed E-state index contributed by atoms with van der Waals surface area (Å²) in [7, 11) is 0. The molecule has 168 valence electrons. The lowest BCUT2D eigenvalue weighted by Gasteiger charge is -2.30. The molecule has 0 aliphatic carbocycles. The fourth-order valence-electron chi connectivity index (χ4n) is 3.80. The number of nitrogens with zero attached hydrogens (tertiary/aromatic N) is 2. The molecule has 1 fully saturated rings. The number of nitrogens with one attached hydrogen (secondary N) is 1. The van der Waals surface area contributed by atoms with Crippen LogP contribution in [0.15, 0.2) is 17.5 Å². The van der Waals surface area contributed by atoms with Crippen molar-refractivity contribution in [3.8, 4) is 11.3 Å². The van der Waals surface area contributed by atoms with Crippen LogP contribution >= 0.6 is 11.3 Å². The molecule has 10 heteroatoms. The number of halogens is 3. The summed E-state index contributed by atoms with van der Waals surface area (Å²) in [6, 6.07) is 4.18. The number of ether oxygens (including phenoxy) is 1. The minimum Gasteiger partial charge on any atom is -0.440 e. The van der Waals surface area contributed by atoms with Gasteiger partial charge in [-0.2, -0.15) is 13.2 Å². The Bertz CT molecular complexity index is 943. The molecule has 1 saturated heterocycles. The number of likely N-dealkylation sites (tertiary alicyclic amines) is 1. The first-order valence-corrected chi connectivity index (χ1v) is 10.7. The summed E-state index contributed by atoms with van der Waals surface area (Å²) in [4.78, 5) is 30.1. The van der Waals surface area contributed by atoms with E-state index in [-0.39, 0.29) is 24.9 Å². The Hall–Kier alpha value is -2.62. The summed E-state index contributed by atoms with van der Waals surface area (Å²) in [6.07, 6.45) is -4.87. The summed E-state index contributed by atoms with van der Waals surface area (Å²) in [6.45, 7) is 4.82. The van der Waals surface area contributed by atoms with Gasteiger partial charge in [0, 0.05) is 30.0 Å². The van der Waals surface area contributed by atoms with Crippen molar-refractivity contribution in [3.05, 3.63) is 34.2 Å². The van der Waals surface area contributed by atoms with E-state index < -0.39 is 18.9 Å². The third-order valence-corrected chi connectivity index (χ3v) is 5.91. The average molecular weight is 456 g/mol. The van der Waals surface area contributed by atoms with Crippen LogP contribution in [-0.4, -0.2) is 47.8 Å². The summed E-state index contributed by atoms with van der Waals surface area (Å²) in [5.41, 5.74) is 5.26. The van der Waals surface area contributed by atoms with E-state index in [9.17, 15) is 22.8 Å². The lowest BCUT2D eigenvalue weighted by atomic mass is 9.96. The predicted octanol–water partition coefficient (Wildman–Crippen LogP) is 5.08. The van der Waals surface area contributed by atoms with Crippen molar-refractivity contribution in [3.63, 3.8) is 0 Å². The van der Waals surface area contributed by atoms with Gasteiger partial charge in [-0.05, 0) is 44.7 Å². The highest BCUT2D eigenvalue weighted by Crippen LogP contribution is 2.31. The molecular weight excluding hydrogens is 431 g/mol. The Kier molecular flexibility index (Phi) is 6.88. The zero-order chi connectivity index (χ0) is 22.8. The average Bonchev–Trinajstić information content (AvgIpc) is 3.12. The first kappa shape index (κ1) is 23.1. The lowest BCUT2D eigenvalue weighted by molar-refractivity contribution is -0.162. The third-order valence-electron chi connectivity index (χ3n) is 5.15. The number of carbonyl (C=O) groups is 2. The van der Waals surface area contributed by atoms with Crippen molar-refractivity contribution in [1.82, 2.24) is 9.88 Å². The Labute approximate surface area is 182 Å². The van der Waals surface area contributed by atoms with Crippen LogP contribution in [0.2, 0.25) is 0 Å². The van der Waals surface area contributed by atoms with Crippen LogP contribution in [0.1, 0.15) is 29.5 Å². The van der Waals surface area contributed by atoms with E-state index in [1.807, 2.05) is 26.2 Å². The molecule has 0 spiro atoms. The molecule has 6 nitrogen and oxygen atoms in total. The van der Waals surface area contributed by atoms with Crippen LogP contribution < -0.4 is 5.32 Å². The van der Waals surface area contributed by atoms with Gasteiger partial charge in [0.1, 0.15) is 0 Å². The van der Waals surface area contributed by atoms with Crippen molar-refractivity contribution in [2.24, 2.45) is 5.92 Å². The predicted molar refractivity (Wildman–Crippen MR) is 112 cm³/mol. The van der Waals surface area contributed by atoms with E-state index in [0.29, 0.717) is 18.0 Å². The Morgan fingerprint density at radius 1 is 1.19 bits per heavy atom. The molecule has 0 bridgehead atoms. The standard InChI is InChI=1S/C21H24F3N3O3S/c1-12-8-13(2)17(14(3)9-12)16-10-31-19(25-16)26-18(28)15-4-6-27(7-5-15)20(29)30-11-21(22,23)24/h8-10,15H,4-7,11H2,1-3H3,(H,25,26,28). The van der Waals surface area contributed by atoms with Crippen molar-refractivity contribution in [2.75, 3.05) is 25.0 Å². The maximum Gasteiger partial charge on any atom is 0.422 e. The molecule has 2 aromatic rings. The van der Waals surface area contributed by atoms with Crippen LogP contribution in [0.4, 0.5) is 23.1 Å². The zero-order valence-electron chi connectivity index (χ0n) is 17.5. The number of aromatic nitrogens is 1. The third kappa shape index (κ3) is 5.96. The monoisotopic (exact) mass is 455 g/mol. The molecule has 0 saturated carbocycles. The minimum absolute atomic E-state index is 0.166. The fourth-order valence-corrected chi connectivity index (χ4v) is 4.50. The first-order valence-electron chi connectivity index (χ1n) is 9.86. The summed E-state index contributed by atoms with van der Waals surface area (Å²) in [5.74, 6) is -0.552. The largest absolute Gasteiger partial charge is 0.440 e. The number of alkyl halides is 3. The number of hydrogen-bond donors (Lipinski definition) is 1. The van der Waals surface area contributed by atoms with Crippen LogP contribution in [0.3, 0.4) is 0 Å². The number of aryl methyl sites for hydroxylation is 3. The van der Waals surface area contributed by atoms with E-state index in [1.54, 1.807) is 0 Å². The molecule has 2 amide bonds. The van der Waals surface area contributed by atoms with Crippen LogP contribution in [-0.2, 0) is 9.53 Å². The molecule has 2 heterocycles. The number of piperidine rings is 1. The first-order chi connectivity index (χ1) is 14.5. The Morgan fingerprint density at radius 2 is 1.81 bits per heavy atom. The van der Waals surface area contributed by atoms with Gasteiger partial charge >= 0.3 is 12.3 Å². The molecule has 1 aliphatic heterocycles. The maximum absolute atomic E-state index is 12.6. The second-order valence-electron chi connectivity index (χ2n) is 7.73. The van der Waals surface area contributed by atoms with Gasteiger partial charge in [-0.3, -0.25) is 4.79 Å². The number of benzene rings is 1. The lowest BCUT2D eigenvalue weighted by Crippen LogP contribution is -2.42. The van der Waals surface area contributed by atoms with Crippen LogP contribution in [0.5, 0.6) is 0 Å². The van der Waals surface area contributed by atoms with Gasteiger partial charge < -0.3 is 15.0 Å². The van der Waals surface area contributed by atoms with Crippen LogP contribution in [0, 0.1) is 26.7 Å². The quantitative estimate of drug-likeness (QED) is 0.698. The summed E-state index contributed by atoms with van der Waals surface area (Å²) >= 11 is 1.34. The second kappa shape index (κ2) is 9.25. The normalized spacial score (nSPS) is 15.1. The number of hydrogen-bond acceptors (Lipinski definition) is 5. The molecule has 3 rings (SSSR count). The fraction of sp³-hybridized carbons (Fsp3) is 0.476. The second-order valence-corrected chi connectivity index (χ2v) is 8.59. The molecule has 1 aromatic carbocycles. The Balaban J connectivity index is 1.55. The SMILES string of the molecule is Cc1cc(C)c(-c2csc(NC(=O)C3CCN(C(=O)OCC(F)(F)F)CC3)n2)c(C)c1. The molecule has 0 radical (unpaired) electrons. The molecule has 0 atom stereocenters. The Morgan fingerprint density at radius 3 is 2.39 bits per heavy atom. The summed E-state index contributed by atoms with van der Waals surface area (Å²) in [5, 5.41) is 5.22. The molecule has 1 N–H and O–H groups in total. The number of rotatable bonds is 4. The van der Waals surface area contributed by atoms with Gasteiger partial charge in [0.25, 0.3) is 0 Å². The smallest absolute Gasteiger partial charge is 0.422 e. The van der Waals surface area contributed by atoms with Gasteiger partial charge in [-0.25, -0.2) is 9.78 Å². The van der Waals surface area contributed by atoms with Crippen LogP contribution in [0.25, 0.3) is 11.3 Å². The number of carbonyl (C=O) groups excluding carboxylic acids is 2. The number of anilines is 1. The number of thiazole rings is 1. The van der Waals surface area contributed by atoms with E-state index in [4.69, 9.17) is 0 Å².